The van der Waals surface area contributed by atoms with Gasteiger partial charge in [0.15, 0.2) is 0 Å². The number of para-hydroxylation sites is 1. The first-order valence-electron chi connectivity index (χ1n) is 10.8. The zero-order valence-corrected chi connectivity index (χ0v) is 18.6. The Morgan fingerprint density at radius 3 is 2.75 bits per heavy atom. The zero-order chi connectivity index (χ0) is 22.7. The van der Waals surface area contributed by atoms with E-state index in [9.17, 15) is 9.59 Å². The molecule has 0 saturated heterocycles. The van der Waals surface area contributed by atoms with Crippen molar-refractivity contribution in [1.29, 1.82) is 0 Å². The van der Waals surface area contributed by atoms with Crippen molar-refractivity contribution < 1.29 is 14.3 Å². The van der Waals surface area contributed by atoms with E-state index in [0.29, 0.717) is 25.1 Å². The molecule has 1 atom stereocenters. The summed E-state index contributed by atoms with van der Waals surface area (Å²) in [6.07, 6.45) is 3.19. The minimum atomic E-state index is -0.599. The van der Waals surface area contributed by atoms with Gasteiger partial charge in [-0.25, -0.2) is 0 Å². The summed E-state index contributed by atoms with van der Waals surface area (Å²) in [5.74, 6) is 0.276. The summed E-state index contributed by atoms with van der Waals surface area (Å²) < 4.78 is 7.09. The summed E-state index contributed by atoms with van der Waals surface area (Å²) in [6.45, 7) is 2.39. The highest BCUT2D eigenvalue weighted by molar-refractivity contribution is 6.01. The third-order valence-corrected chi connectivity index (χ3v) is 5.88. The Labute approximate surface area is 186 Å². The van der Waals surface area contributed by atoms with Crippen LogP contribution in [0.2, 0.25) is 0 Å². The Morgan fingerprint density at radius 2 is 1.97 bits per heavy atom. The lowest BCUT2D eigenvalue weighted by atomic mass is 10.1. The SMILES string of the molecule is CC[C@H](NC(=O)c1cc2cc(OC)ccc2n1C)C(=O)NCCc1c[nH]c2ccccc12. The average molecular weight is 433 g/mol. The second kappa shape index (κ2) is 9.18. The fraction of sp³-hybridized carbons (Fsp3) is 0.280. The molecule has 2 aromatic heterocycles. The molecule has 7 nitrogen and oxygen atoms in total. The van der Waals surface area contributed by atoms with Crippen LogP contribution in [0.25, 0.3) is 21.8 Å². The lowest BCUT2D eigenvalue weighted by Crippen LogP contribution is -2.47. The van der Waals surface area contributed by atoms with Crippen molar-refractivity contribution in [2.45, 2.75) is 25.8 Å². The van der Waals surface area contributed by atoms with Gasteiger partial charge in [0.25, 0.3) is 5.91 Å². The highest BCUT2D eigenvalue weighted by Crippen LogP contribution is 2.24. The van der Waals surface area contributed by atoms with Gasteiger partial charge in [0.2, 0.25) is 5.91 Å². The molecule has 32 heavy (non-hydrogen) atoms. The molecule has 2 amide bonds. The molecule has 0 aliphatic heterocycles. The standard InChI is InChI=1S/C25H28N4O3/c1-4-20(24(30)26-12-11-16-15-27-21-8-6-5-7-19(16)21)28-25(31)23-14-17-13-18(32-3)9-10-22(17)29(23)2/h5-10,13-15,20,27H,4,11-12H2,1-3H3,(H,26,30)(H,28,31)/t20-/m0/s1. The van der Waals surface area contributed by atoms with Gasteiger partial charge < -0.3 is 24.9 Å². The van der Waals surface area contributed by atoms with E-state index >= 15 is 0 Å². The molecule has 4 aromatic rings. The molecule has 4 rings (SSSR count). The van der Waals surface area contributed by atoms with E-state index in [1.165, 1.54) is 0 Å². The number of carbonyl (C=O) groups is 2. The van der Waals surface area contributed by atoms with Crippen molar-refractivity contribution in [2.75, 3.05) is 13.7 Å². The molecule has 0 aliphatic carbocycles. The number of aromatic amines is 1. The smallest absolute Gasteiger partial charge is 0.268 e. The number of rotatable bonds is 8. The summed E-state index contributed by atoms with van der Waals surface area (Å²) in [7, 11) is 3.45. The Bertz CT molecular complexity index is 1270. The fourth-order valence-corrected chi connectivity index (χ4v) is 4.04. The number of nitrogens with one attached hydrogen (secondary N) is 3. The molecule has 0 radical (unpaired) electrons. The number of hydrogen-bond acceptors (Lipinski definition) is 3. The number of benzene rings is 2. The van der Waals surface area contributed by atoms with Gasteiger partial charge in [0.05, 0.1) is 7.11 Å². The Hall–Kier alpha value is -3.74. The number of H-pyrrole nitrogens is 1. The quantitative estimate of drug-likeness (QED) is 0.398. The van der Waals surface area contributed by atoms with Gasteiger partial charge >= 0.3 is 0 Å². The molecule has 0 unspecified atom stereocenters. The first-order chi connectivity index (χ1) is 15.5. The van der Waals surface area contributed by atoms with E-state index in [0.717, 1.165) is 33.1 Å². The van der Waals surface area contributed by atoms with Gasteiger partial charge in [0, 0.05) is 41.6 Å². The minimum absolute atomic E-state index is 0.180. The lowest BCUT2D eigenvalue weighted by molar-refractivity contribution is -0.123. The number of aryl methyl sites for hydroxylation is 1. The Balaban J connectivity index is 1.39. The van der Waals surface area contributed by atoms with Crippen LogP contribution in [0.1, 0.15) is 29.4 Å². The normalized spacial score (nSPS) is 12.1. The second-order valence-electron chi connectivity index (χ2n) is 7.85. The number of carbonyl (C=O) groups excluding carboxylic acids is 2. The molecule has 0 aliphatic rings. The molecule has 3 N–H and O–H groups in total. The van der Waals surface area contributed by atoms with Crippen molar-refractivity contribution >= 4 is 33.6 Å². The van der Waals surface area contributed by atoms with Gasteiger partial charge in [-0.15, -0.1) is 0 Å². The maximum Gasteiger partial charge on any atom is 0.268 e. The summed E-state index contributed by atoms with van der Waals surface area (Å²) >= 11 is 0. The lowest BCUT2D eigenvalue weighted by Gasteiger charge is -2.17. The van der Waals surface area contributed by atoms with Crippen LogP contribution in [0.3, 0.4) is 0 Å². The van der Waals surface area contributed by atoms with Crippen molar-refractivity contribution in [3.8, 4) is 5.75 Å². The van der Waals surface area contributed by atoms with Crippen molar-refractivity contribution in [2.24, 2.45) is 7.05 Å². The summed E-state index contributed by atoms with van der Waals surface area (Å²) in [6, 6.07) is 15.0. The van der Waals surface area contributed by atoms with Crippen LogP contribution in [0.15, 0.2) is 54.7 Å². The number of amides is 2. The molecule has 0 fully saturated rings. The monoisotopic (exact) mass is 432 g/mol. The van der Waals surface area contributed by atoms with E-state index in [4.69, 9.17) is 4.74 Å². The molecule has 0 spiro atoms. The van der Waals surface area contributed by atoms with E-state index in [1.807, 2.05) is 67.2 Å². The summed E-state index contributed by atoms with van der Waals surface area (Å²) in [5, 5.41) is 7.91. The fourth-order valence-electron chi connectivity index (χ4n) is 4.04. The third-order valence-electron chi connectivity index (χ3n) is 5.88. The maximum absolute atomic E-state index is 12.9. The summed E-state index contributed by atoms with van der Waals surface area (Å²) in [5.41, 5.74) is 3.66. The predicted molar refractivity (Wildman–Crippen MR) is 126 cm³/mol. The van der Waals surface area contributed by atoms with Crippen LogP contribution in [0, 0.1) is 0 Å². The van der Waals surface area contributed by atoms with Crippen molar-refractivity contribution in [3.63, 3.8) is 0 Å². The van der Waals surface area contributed by atoms with Crippen molar-refractivity contribution in [1.82, 2.24) is 20.2 Å². The molecule has 2 aromatic carbocycles. The first kappa shape index (κ1) is 21.5. The molecule has 0 saturated carbocycles. The van der Waals surface area contributed by atoms with Crippen molar-refractivity contribution in [3.05, 3.63) is 66.0 Å². The Morgan fingerprint density at radius 1 is 1.16 bits per heavy atom. The minimum Gasteiger partial charge on any atom is -0.497 e. The molecular weight excluding hydrogens is 404 g/mol. The highest BCUT2D eigenvalue weighted by Gasteiger charge is 2.22. The van der Waals surface area contributed by atoms with E-state index in [1.54, 1.807) is 7.11 Å². The molecule has 2 heterocycles. The Kier molecular flexibility index (Phi) is 6.16. The van der Waals surface area contributed by atoms with Gasteiger partial charge in [-0.05, 0) is 48.7 Å². The van der Waals surface area contributed by atoms with Crippen LogP contribution in [-0.2, 0) is 18.3 Å². The molecule has 0 bridgehead atoms. The van der Waals surface area contributed by atoms with E-state index < -0.39 is 6.04 Å². The van der Waals surface area contributed by atoms with Crippen LogP contribution < -0.4 is 15.4 Å². The summed E-state index contributed by atoms with van der Waals surface area (Å²) in [4.78, 5) is 28.9. The van der Waals surface area contributed by atoms with Gasteiger partial charge in [-0.1, -0.05) is 25.1 Å². The average Bonchev–Trinajstić information content (AvgIpc) is 3.38. The highest BCUT2D eigenvalue weighted by atomic mass is 16.5. The van der Waals surface area contributed by atoms with Crippen LogP contribution in [0.4, 0.5) is 0 Å². The second-order valence-corrected chi connectivity index (χ2v) is 7.85. The van der Waals surface area contributed by atoms with Gasteiger partial charge in [0.1, 0.15) is 17.5 Å². The topological polar surface area (TPSA) is 88.2 Å². The van der Waals surface area contributed by atoms with Crippen LogP contribution >= 0.6 is 0 Å². The molecule has 7 heteroatoms. The number of ether oxygens (including phenoxy) is 1. The number of fused-ring (bicyclic) bond motifs is 2. The number of nitrogens with zero attached hydrogens (tertiary/aromatic N) is 1. The molecular formula is C25H28N4O3. The number of methoxy groups -OCH3 is 1. The van der Waals surface area contributed by atoms with E-state index in [-0.39, 0.29) is 11.8 Å². The first-order valence-corrected chi connectivity index (χ1v) is 10.8. The van der Waals surface area contributed by atoms with Gasteiger partial charge in [-0.3, -0.25) is 9.59 Å². The number of hydrogen-bond donors (Lipinski definition) is 3. The van der Waals surface area contributed by atoms with Crippen LogP contribution in [-0.4, -0.2) is 41.1 Å². The zero-order valence-electron chi connectivity index (χ0n) is 18.6. The largest absolute Gasteiger partial charge is 0.497 e. The maximum atomic E-state index is 12.9. The molecule has 166 valence electrons. The van der Waals surface area contributed by atoms with E-state index in [2.05, 4.69) is 21.7 Å². The van der Waals surface area contributed by atoms with Gasteiger partial charge in [-0.2, -0.15) is 0 Å². The predicted octanol–water partition coefficient (Wildman–Crippen LogP) is 3.54. The van der Waals surface area contributed by atoms with Crippen LogP contribution in [0.5, 0.6) is 5.75 Å². The number of aromatic nitrogens is 2. The third kappa shape index (κ3) is 4.19.